The average molecular weight is 275 g/mol. The molecule has 1 heterocycles. The van der Waals surface area contributed by atoms with Crippen LogP contribution in [0.15, 0.2) is 18.2 Å². The number of hydrogen-bond donors (Lipinski definition) is 1. The van der Waals surface area contributed by atoms with Crippen molar-refractivity contribution in [3.8, 4) is 6.07 Å². The highest BCUT2D eigenvalue weighted by atomic mass is 19.1. The summed E-state index contributed by atoms with van der Waals surface area (Å²) in [5.41, 5.74) is 1.32. The molecule has 1 saturated heterocycles. The second-order valence-electron chi connectivity index (χ2n) is 5.16. The molecule has 1 aliphatic heterocycles. The molecule has 2 rings (SSSR count). The zero-order chi connectivity index (χ0) is 14.5. The molecule has 1 aromatic rings. The lowest BCUT2D eigenvalue weighted by molar-refractivity contribution is 0.176. The van der Waals surface area contributed by atoms with E-state index in [0.717, 1.165) is 18.4 Å². The summed E-state index contributed by atoms with van der Waals surface area (Å²) in [6.07, 6.45) is 1.70. The molecule has 1 N–H and O–H groups in total. The third-order valence-corrected chi connectivity index (χ3v) is 3.57. The molecule has 20 heavy (non-hydrogen) atoms. The molecule has 1 fully saturated rings. The van der Waals surface area contributed by atoms with Gasteiger partial charge in [0.2, 0.25) is 0 Å². The molecule has 5 heteroatoms. The molecular weight excluding hydrogens is 257 g/mol. The minimum Gasteiger partial charge on any atom is -0.334 e. The average Bonchev–Trinajstić information content (AvgIpc) is 2.48. The predicted octanol–water partition coefficient (Wildman–Crippen LogP) is 2.58. The standard InChI is InChI=1S/C15H18FN3O/c1-11-4-5-12(7-14(11)16)9-18-15(20)19-6-2-3-13(8-17)10-19/h4-5,7,13H,2-3,6,9-10H2,1H3,(H,18,20). The van der Waals surface area contributed by atoms with Crippen LogP contribution < -0.4 is 5.32 Å². The number of piperidine rings is 1. The smallest absolute Gasteiger partial charge is 0.317 e. The van der Waals surface area contributed by atoms with E-state index in [4.69, 9.17) is 5.26 Å². The van der Waals surface area contributed by atoms with Gasteiger partial charge >= 0.3 is 6.03 Å². The van der Waals surface area contributed by atoms with Gasteiger partial charge in [-0.2, -0.15) is 5.26 Å². The number of nitriles is 1. The molecule has 0 saturated carbocycles. The number of likely N-dealkylation sites (tertiary alicyclic amines) is 1. The molecule has 0 aromatic heterocycles. The fraction of sp³-hybridized carbons (Fsp3) is 0.467. The van der Waals surface area contributed by atoms with Crippen molar-refractivity contribution in [2.24, 2.45) is 5.92 Å². The summed E-state index contributed by atoms with van der Waals surface area (Å²) in [6, 6.07) is 6.95. The molecule has 1 atom stereocenters. The summed E-state index contributed by atoms with van der Waals surface area (Å²) in [4.78, 5) is 13.7. The van der Waals surface area contributed by atoms with Crippen LogP contribution in [0.1, 0.15) is 24.0 Å². The number of aryl methyl sites for hydroxylation is 1. The second-order valence-corrected chi connectivity index (χ2v) is 5.16. The number of nitrogens with zero attached hydrogens (tertiary/aromatic N) is 2. The highest BCUT2D eigenvalue weighted by Crippen LogP contribution is 2.15. The first-order valence-corrected chi connectivity index (χ1v) is 6.77. The van der Waals surface area contributed by atoms with Crippen molar-refractivity contribution in [2.75, 3.05) is 13.1 Å². The zero-order valence-electron chi connectivity index (χ0n) is 11.5. The van der Waals surface area contributed by atoms with Crippen molar-refractivity contribution in [3.63, 3.8) is 0 Å². The first-order valence-electron chi connectivity index (χ1n) is 6.77. The lowest BCUT2D eigenvalue weighted by Gasteiger charge is -2.29. The van der Waals surface area contributed by atoms with Gasteiger partial charge in [0.1, 0.15) is 5.82 Å². The minimum absolute atomic E-state index is 0.0775. The highest BCUT2D eigenvalue weighted by molar-refractivity contribution is 5.74. The maximum atomic E-state index is 13.4. The number of carbonyl (C=O) groups is 1. The van der Waals surface area contributed by atoms with Gasteiger partial charge in [0.25, 0.3) is 0 Å². The quantitative estimate of drug-likeness (QED) is 0.902. The summed E-state index contributed by atoms with van der Waals surface area (Å²) >= 11 is 0. The van der Waals surface area contributed by atoms with Gasteiger partial charge in [0.05, 0.1) is 12.0 Å². The van der Waals surface area contributed by atoms with Gasteiger partial charge in [0.15, 0.2) is 0 Å². The number of carbonyl (C=O) groups excluding carboxylic acids is 1. The minimum atomic E-state index is -0.265. The van der Waals surface area contributed by atoms with Crippen LogP contribution in [-0.2, 0) is 6.54 Å². The van der Waals surface area contributed by atoms with Crippen molar-refractivity contribution in [2.45, 2.75) is 26.3 Å². The van der Waals surface area contributed by atoms with Crippen LogP contribution in [0.3, 0.4) is 0 Å². The fourth-order valence-corrected chi connectivity index (χ4v) is 2.30. The Morgan fingerprint density at radius 2 is 2.40 bits per heavy atom. The summed E-state index contributed by atoms with van der Waals surface area (Å²) in [5.74, 6) is -0.342. The zero-order valence-corrected chi connectivity index (χ0v) is 11.5. The Morgan fingerprint density at radius 3 is 3.10 bits per heavy atom. The third kappa shape index (κ3) is 3.47. The van der Waals surface area contributed by atoms with Crippen LogP contribution in [-0.4, -0.2) is 24.0 Å². The Morgan fingerprint density at radius 1 is 1.60 bits per heavy atom. The van der Waals surface area contributed by atoms with Crippen molar-refractivity contribution < 1.29 is 9.18 Å². The molecule has 2 amide bonds. The SMILES string of the molecule is Cc1ccc(CNC(=O)N2CCCC(C#N)C2)cc1F. The van der Waals surface area contributed by atoms with E-state index in [2.05, 4.69) is 11.4 Å². The Kier molecular flexibility index (Phi) is 4.57. The van der Waals surface area contributed by atoms with E-state index in [1.54, 1.807) is 24.0 Å². The molecule has 0 aliphatic carbocycles. The van der Waals surface area contributed by atoms with Gasteiger partial charge in [-0.05, 0) is 37.0 Å². The normalized spacial score (nSPS) is 18.4. The Bertz CT molecular complexity index is 538. The Labute approximate surface area is 118 Å². The van der Waals surface area contributed by atoms with E-state index in [9.17, 15) is 9.18 Å². The maximum Gasteiger partial charge on any atom is 0.317 e. The number of benzene rings is 1. The van der Waals surface area contributed by atoms with Crippen molar-refractivity contribution in [1.29, 1.82) is 5.26 Å². The highest BCUT2D eigenvalue weighted by Gasteiger charge is 2.23. The number of rotatable bonds is 2. The van der Waals surface area contributed by atoms with Crippen molar-refractivity contribution in [3.05, 3.63) is 35.1 Å². The van der Waals surface area contributed by atoms with E-state index < -0.39 is 0 Å². The van der Waals surface area contributed by atoms with Gasteiger partial charge in [-0.3, -0.25) is 0 Å². The van der Waals surface area contributed by atoms with E-state index in [-0.39, 0.29) is 17.8 Å². The van der Waals surface area contributed by atoms with E-state index in [1.165, 1.54) is 6.07 Å². The van der Waals surface area contributed by atoms with E-state index in [0.29, 0.717) is 25.2 Å². The molecular formula is C15H18FN3O. The molecule has 1 aliphatic rings. The van der Waals surface area contributed by atoms with Crippen LogP contribution in [0.5, 0.6) is 0 Å². The monoisotopic (exact) mass is 275 g/mol. The number of hydrogen-bond acceptors (Lipinski definition) is 2. The molecule has 0 spiro atoms. The topological polar surface area (TPSA) is 56.1 Å². The molecule has 1 aromatic carbocycles. The third-order valence-electron chi connectivity index (χ3n) is 3.57. The van der Waals surface area contributed by atoms with Crippen molar-refractivity contribution in [1.82, 2.24) is 10.2 Å². The number of urea groups is 1. The Hall–Kier alpha value is -2.09. The molecule has 106 valence electrons. The predicted molar refractivity (Wildman–Crippen MR) is 73.3 cm³/mol. The number of halogens is 1. The summed E-state index contributed by atoms with van der Waals surface area (Å²) < 4.78 is 13.4. The van der Waals surface area contributed by atoms with Gasteiger partial charge in [-0.1, -0.05) is 12.1 Å². The van der Waals surface area contributed by atoms with Crippen molar-refractivity contribution >= 4 is 6.03 Å². The van der Waals surface area contributed by atoms with E-state index in [1.807, 2.05) is 0 Å². The summed E-state index contributed by atoms with van der Waals surface area (Å²) in [7, 11) is 0. The van der Waals surface area contributed by atoms with Gasteiger partial charge in [-0.25, -0.2) is 9.18 Å². The first-order chi connectivity index (χ1) is 9.60. The van der Waals surface area contributed by atoms with Crippen LogP contribution >= 0.6 is 0 Å². The lowest BCUT2D eigenvalue weighted by Crippen LogP contribution is -2.45. The first kappa shape index (κ1) is 14.3. The lowest BCUT2D eigenvalue weighted by atomic mass is 10.0. The molecule has 4 nitrogen and oxygen atoms in total. The molecule has 1 unspecified atom stereocenters. The Balaban J connectivity index is 1.88. The van der Waals surface area contributed by atoms with Crippen LogP contribution in [0.4, 0.5) is 9.18 Å². The largest absolute Gasteiger partial charge is 0.334 e. The summed E-state index contributed by atoms with van der Waals surface area (Å²) in [5, 5.41) is 11.7. The van der Waals surface area contributed by atoms with Gasteiger partial charge < -0.3 is 10.2 Å². The molecule has 0 radical (unpaired) electrons. The fourth-order valence-electron chi connectivity index (χ4n) is 2.30. The second kappa shape index (κ2) is 6.38. The van der Waals surface area contributed by atoms with Gasteiger partial charge in [0, 0.05) is 19.6 Å². The summed E-state index contributed by atoms with van der Waals surface area (Å²) in [6.45, 7) is 3.15. The number of nitrogens with one attached hydrogen (secondary N) is 1. The van der Waals surface area contributed by atoms with E-state index >= 15 is 0 Å². The maximum absolute atomic E-state index is 13.4. The van der Waals surface area contributed by atoms with Crippen LogP contribution in [0, 0.1) is 30.0 Å². The number of amides is 2. The van der Waals surface area contributed by atoms with Crippen LogP contribution in [0.25, 0.3) is 0 Å². The molecule has 0 bridgehead atoms. The van der Waals surface area contributed by atoms with Crippen LogP contribution in [0.2, 0.25) is 0 Å². The van der Waals surface area contributed by atoms with Gasteiger partial charge in [-0.15, -0.1) is 0 Å².